The maximum atomic E-state index is 2.32. The molecular formula is C15H28. The van der Waals surface area contributed by atoms with Crippen molar-refractivity contribution in [3.05, 3.63) is 23.3 Å². The van der Waals surface area contributed by atoms with Crippen molar-refractivity contribution < 1.29 is 0 Å². The number of allylic oxidation sites excluding steroid dienone is 4. The summed E-state index contributed by atoms with van der Waals surface area (Å²) in [6.45, 7) is 13.6. The molecule has 0 aromatic heterocycles. The fourth-order valence-electron chi connectivity index (χ4n) is 2.51. The lowest BCUT2D eigenvalue weighted by molar-refractivity contribution is 0.498. The van der Waals surface area contributed by atoms with E-state index in [0.29, 0.717) is 5.92 Å². The second-order valence-corrected chi connectivity index (χ2v) is 4.90. The summed E-state index contributed by atoms with van der Waals surface area (Å²) < 4.78 is 0. The van der Waals surface area contributed by atoms with Gasteiger partial charge in [0.1, 0.15) is 0 Å². The van der Waals surface area contributed by atoms with Gasteiger partial charge in [-0.2, -0.15) is 0 Å². The van der Waals surface area contributed by atoms with Crippen molar-refractivity contribution >= 4 is 0 Å². The van der Waals surface area contributed by atoms with Crippen molar-refractivity contribution in [1.82, 2.24) is 0 Å². The quantitative estimate of drug-likeness (QED) is 0.515. The molecule has 15 heavy (non-hydrogen) atoms. The highest BCUT2D eigenvalue weighted by Crippen LogP contribution is 2.30. The number of hydrogen-bond acceptors (Lipinski definition) is 0. The van der Waals surface area contributed by atoms with Crippen LogP contribution in [0.25, 0.3) is 0 Å². The van der Waals surface area contributed by atoms with E-state index >= 15 is 0 Å². The van der Waals surface area contributed by atoms with Crippen LogP contribution in [0.5, 0.6) is 0 Å². The maximum absolute atomic E-state index is 2.32. The van der Waals surface area contributed by atoms with Crippen LogP contribution in [-0.4, -0.2) is 0 Å². The van der Waals surface area contributed by atoms with E-state index in [1.54, 1.807) is 5.57 Å². The van der Waals surface area contributed by atoms with Crippen LogP contribution < -0.4 is 0 Å². The molecule has 0 radical (unpaired) electrons. The number of rotatable bonds is 6. The minimum absolute atomic E-state index is 0.691. The molecule has 0 aliphatic rings. The molecule has 0 aliphatic heterocycles. The molecule has 0 amide bonds. The van der Waals surface area contributed by atoms with E-state index in [2.05, 4.69) is 53.7 Å². The van der Waals surface area contributed by atoms with Crippen molar-refractivity contribution in [3.8, 4) is 0 Å². The van der Waals surface area contributed by atoms with Gasteiger partial charge in [-0.05, 0) is 45.4 Å². The molecule has 88 valence electrons. The lowest BCUT2D eigenvalue weighted by atomic mass is 9.82. The van der Waals surface area contributed by atoms with Crippen LogP contribution in [0.4, 0.5) is 0 Å². The van der Waals surface area contributed by atoms with Crippen LogP contribution in [0, 0.1) is 11.8 Å². The van der Waals surface area contributed by atoms with Gasteiger partial charge in [-0.3, -0.25) is 0 Å². The second kappa shape index (κ2) is 7.73. The second-order valence-electron chi connectivity index (χ2n) is 4.90. The van der Waals surface area contributed by atoms with Crippen LogP contribution >= 0.6 is 0 Å². The zero-order valence-corrected chi connectivity index (χ0v) is 11.4. The first-order valence-electron chi connectivity index (χ1n) is 6.32. The van der Waals surface area contributed by atoms with E-state index in [4.69, 9.17) is 0 Å². The summed E-state index contributed by atoms with van der Waals surface area (Å²) >= 11 is 0. The highest BCUT2D eigenvalue weighted by molar-refractivity contribution is 5.16. The highest BCUT2D eigenvalue weighted by atomic mass is 14.2. The Hall–Kier alpha value is -0.520. The zero-order valence-electron chi connectivity index (χ0n) is 11.4. The topological polar surface area (TPSA) is 0 Å². The Bertz CT molecular complexity index is 214. The first-order chi connectivity index (χ1) is 7.04. The minimum Gasteiger partial charge on any atom is -0.0916 e. The van der Waals surface area contributed by atoms with Crippen LogP contribution in [-0.2, 0) is 0 Å². The van der Waals surface area contributed by atoms with Crippen molar-refractivity contribution in [1.29, 1.82) is 0 Å². The summed E-state index contributed by atoms with van der Waals surface area (Å²) in [4.78, 5) is 0. The standard InChI is InChI=1S/C15H28/c1-7-9-11-14(10-8-2)15(12(3)4)13(5)6/h7,9,12,14H,8,10-11H2,1-6H3/b9-7-. The maximum Gasteiger partial charge on any atom is -0.0164 e. The summed E-state index contributed by atoms with van der Waals surface area (Å²) in [7, 11) is 0. The Labute approximate surface area is 96.5 Å². The van der Waals surface area contributed by atoms with E-state index in [-0.39, 0.29) is 0 Å². The molecule has 0 aliphatic carbocycles. The molecule has 0 aromatic rings. The van der Waals surface area contributed by atoms with E-state index in [0.717, 1.165) is 5.92 Å². The lowest BCUT2D eigenvalue weighted by Gasteiger charge is -2.24. The van der Waals surface area contributed by atoms with Crippen molar-refractivity contribution in [3.63, 3.8) is 0 Å². The van der Waals surface area contributed by atoms with Gasteiger partial charge in [0.05, 0.1) is 0 Å². The van der Waals surface area contributed by atoms with E-state index in [9.17, 15) is 0 Å². The third-order valence-electron chi connectivity index (χ3n) is 2.93. The zero-order chi connectivity index (χ0) is 11.8. The average Bonchev–Trinajstić information content (AvgIpc) is 2.13. The predicted molar refractivity (Wildman–Crippen MR) is 71.0 cm³/mol. The van der Waals surface area contributed by atoms with Crippen molar-refractivity contribution in [2.75, 3.05) is 0 Å². The minimum atomic E-state index is 0.691. The Kier molecular flexibility index (Phi) is 7.46. The Morgan fingerprint density at radius 1 is 1.20 bits per heavy atom. The van der Waals surface area contributed by atoms with E-state index in [1.807, 2.05) is 0 Å². The van der Waals surface area contributed by atoms with E-state index < -0.39 is 0 Å². The van der Waals surface area contributed by atoms with Crippen LogP contribution in [0.3, 0.4) is 0 Å². The SMILES string of the molecule is C/C=C\CC(CCC)C(=C(C)C)C(C)C. The first kappa shape index (κ1) is 14.5. The van der Waals surface area contributed by atoms with Gasteiger partial charge in [0.25, 0.3) is 0 Å². The highest BCUT2D eigenvalue weighted by Gasteiger charge is 2.16. The summed E-state index contributed by atoms with van der Waals surface area (Å²) in [6.07, 6.45) is 8.30. The molecule has 0 N–H and O–H groups in total. The van der Waals surface area contributed by atoms with Gasteiger partial charge in [0.2, 0.25) is 0 Å². The van der Waals surface area contributed by atoms with Crippen LogP contribution in [0.2, 0.25) is 0 Å². The molecule has 0 saturated heterocycles. The third-order valence-corrected chi connectivity index (χ3v) is 2.93. The average molecular weight is 208 g/mol. The summed E-state index contributed by atoms with van der Waals surface area (Å²) in [5.74, 6) is 1.45. The van der Waals surface area contributed by atoms with Gasteiger partial charge in [-0.15, -0.1) is 0 Å². The Morgan fingerprint density at radius 3 is 2.13 bits per heavy atom. The molecule has 0 nitrogen and oxygen atoms in total. The molecular weight excluding hydrogens is 180 g/mol. The van der Waals surface area contributed by atoms with Crippen LogP contribution in [0.1, 0.15) is 60.8 Å². The summed E-state index contributed by atoms with van der Waals surface area (Å²) in [6, 6.07) is 0. The first-order valence-corrected chi connectivity index (χ1v) is 6.32. The van der Waals surface area contributed by atoms with Gasteiger partial charge < -0.3 is 0 Å². The molecule has 1 unspecified atom stereocenters. The largest absolute Gasteiger partial charge is 0.0916 e. The van der Waals surface area contributed by atoms with E-state index in [1.165, 1.54) is 24.8 Å². The fourth-order valence-corrected chi connectivity index (χ4v) is 2.51. The molecule has 0 heteroatoms. The molecule has 1 atom stereocenters. The third kappa shape index (κ3) is 5.20. The lowest BCUT2D eigenvalue weighted by Crippen LogP contribution is -2.10. The molecule has 0 fully saturated rings. The molecule has 0 aromatic carbocycles. The summed E-state index contributed by atoms with van der Waals surface area (Å²) in [5, 5.41) is 0. The fraction of sp³-hybridized carbons (Fsp3) is 0.733. The summed E-state index contributed by atoms with van der Waals surface area (Å²) in [5.41, 5.74) is 3.20. The number of hydrogen-bond donors (Lipinski definition) is 0. The molecule has 0 heterocycles. The van der Waals surface area contributed by atoms with Gasteiger partial charge in [0.15, 0.2) is 0 Å². The van der Waals surface area contributed by atoms with Gasteiger partial charge >= 0.3 is 0 Å². The molecule has 0 bridgehead atoms. The predicted octanol–water partition coefficient (Wildman–Crippen LogP) is 5.36. The molecule has 0 rings (SSSR count). The van der Waals surface area contributed by atoms with Crippen molar-refractivity contribution in [2.45, 2.75) is 60.8 Å². The van der Waals surface area contributed by atoms with Crippen molar-refractivity contribution in [2.24, 2.45) is 11.8 Å². The van der Waals surface area contributed by atoms with Gasteiger partial charge in [-0.25, -0.2) is 0 Å². The molecule has 0 saturated carbocycles. The molecule has 0 spiro atoms. The monoisotopic (exact) mass is 208 g/mol. The van der Waals surface area contributed by atoms with Crippen LogP contribution in [0.15, 0.2) is 23.3 Å². The Balaban J connectivity index is 4.77. The Morgan fingerprint density at radius 2 is 1.80 bits per heavy atom. The van der Waals surface area contributed by atoms with Gasteiger partial charge in [0, 0.05) is 0 Å². The normalized spacial score (nSPS) is 13.5. The smallest absolute Gasteiger partial charge is 0.0164 e. The van der Waals surface area contributed by atoms with Gasteiger partial charge in [-0.1, -0.05) is 50.5 Å².